The fourth-order valence-electron chi connectivity index (χ4n) is 8.62. The zero-order valence-electron chi connectivity index (χ0n) is 28.7. The number of aliphatic carboxylic acids is 1. The van der Waals surface area contributed by atoms with Gasteiger partial charge < -0.3 is 25.2 Å². The van der Waals surface area contributed by atoms with Crippen molar-refractivity contribution in [3.05, 3.63) is 93.0 Å². The quantitative estimate of drug-likeness (QED) is 0.153. The minimum Gasteiger partial charge on any atom is -0.496 e. The summed E-state index contributed by atoms with van der Waals surface area (Å²) in [4.78, 5) is 25.4. The first-order valence-electron chi connectivity index (χ1n) is 17.7. The molecule has 2 aliphatic heterocycles. The standard InChI is InChI=1S/C41H41Cl2N3O5/c1-50-34-17-24(15-22-9-12-32(37(22)34)44-19-27-11-14-36(47)45-27)28-5-3-7-30(39(28)42)31-8-4-6-29(40(31)43)25-16-23-10-13-33(38(23)35(18-25)51-2)46-20-26(21-46)41(48)49/h3-8,15-18,26-27,32-33,44H,9-14,19-21H2,1-2H3,(H,45,47)(H,48,49)/t27-,32+,33+/m0/s1. The summed E-state index contributed by atoms with van der Waals surface area (Å²) in [7, 11) is 3.40. The van der Waals surface area contributed by atoms with Crippen LogP contribution in [0, 0.1) is 5.92 Å². The summed E-state index contributed by atoms with van der Waals surface area (Å²) < 4.78 is 11.9. The maximum Gasteiger partial charge on any atom is 0.309 e. The number of hydrogen-bond acceptors (Lipinski definition) is 6. The van der Waals surface area contributed by atoms with E-state index in [-0.39, 0.29) is 30.0 Å². The van der Waals surface area contributed by atoms with Gasteiger partial charge in [0.25, 0.3) is 0 Å². The zero-order chi connectivity index (χ0) is 35.4. The average molecular weight is 727 g/mol. The lowest BCUT2D eigenvalue weighted by atomic mass is 9.92. The second-order valence-corrected chi connectivity index (χ2v) is 14.9. The normalized spacial score (nSPS) is 21.3. The Hall–Kier alpha value is -4.08. The van der Waals surface area contributed by atoms with Gasteiger partial charge in [-0.1, -0.05) is 71.7 Å². The van der Waals surface area contributed by atoms with Gasteiger partial charge in [0.2, 0.25) is 5.91 Å². The maximum atomic E-state index is 11.7. The van der Waals surface area contributed by atoms with E-state index >= 15 is 0 Å². The van der Waals surface area contributed by atoms with Crippen LogP contribution in [0.3, 0.4) is 0 Å². The summed E-state index contributed by atoms with van der Waals surface area (Å²) in [6, 6.07) is 21.2. The van der Waals surface area contributed by atoms with Gasteiger partial charge in [-0.15, -0.1) is 0 Å². The van der Waals surface area contributed by atoms with Crippen LogP contribution in [-0.4, -0.2) is 61.8 Å². The van der Waals surface area contributed by atoms with E-state index in [2.05, 4.69) is 39.8 Å². The Morgan fingerprint density at radius 2 is 1.39 bits per heavy atom. The Labute approximate surface area is 308 Å². The summed E-state index contributed by atoms with van der Waals surface area (Å²) in [5.74, 6) is 0.733. The maximum absolute atomic E-state index is 11.7. The van der Waals surface area contributed by atoms with Gasteiger partial charge in [-0.25, -0.2) is 0 Å². The fraction of sp³-hybridized carbons (Fsp3) is 0.366. The SMILES string of the molecule is COc1cc(-c2cccc(-c3cccc(-c4cc5c(c(OC)c4)[C@H](NC[C@@H]4CCC(=O)N4)CC5)c3Cl)c2Cl)cc2c1[C@H](N1CC(C(=O)O)C1)CC2. The molecule has 4 aromatic carbocycles. The number of benzene rings is 4. The topological polar surface area (TPSA) is 100 Å². The molecule has 0 bridgehead atoms. The van der Waals surface area contributed by atoms with E-state index in [0.29, 0.717) is 29.6 Å². The van der Waals surface area contributed by atoms with Crippen LogP contribution in [0.25, 0.3) is 33.4 Å². The molecule has 264 valence electrons. The molecule has 0 unspecified atom stereocenters. The Kier molecular flexibility index (Phi) is 9.21. The summed E-state index contributed by atoms with van der Waals surface area (Å²) in [5.41, 5.74) is 10.2. The van der Waals surface area contributed by atoms with Crippen molar-refractivity contribution < 1.29 is 24.2 Å². The number of carboxylic acids is 1. The largest absolute Gasteiger partial charge is 0.496 e. The van der Waals surface area contributed by atoms with E-state index in [4.69, 9.17) is 32.7 Å². The molecule has 3 N–H and O–H groups in total. The Morgan fingerprint density at radius 3 is 1.96 bits per heavy atom. The Bertz CT molecular complexity index is 2040. The van der Waals surface area contributed by atoms with Crippen molar-refractivity contribution in [2.45, 2.75) is 56.7 Å². The number of amides is 1. The molecule has 2 fully saturated rings. The summed E-state index contributed by atoms with van der Waals surface area (Å²) in [5, 5.41) is 17.4. The predicted octanol–water partition coefficient (Wildman–Crippen LogP) is 7.87. The van der Waals surface area contributed by atoms with Crippen molar-refractivity contribution in [3.8, 4) is 44.9 Å². The molecule has 0 radical (unpaired) electrons. The number of hydrogen-bond donors (Lipinski definition) is 3. The Morgan fingerprint density at radius 1 is 0.824 bits per heavy atom. The summed E-state index contributed by atoms with van der Waals surface area (Å²) in [6.07, 6.45) is 5.17. The third-order valence-electron chi connectivity index (χ3n) is 11.3. The number of ether oxygens (including phenoxy) is 2. The molecule has 10 heteroatoms. The molecular formula is C41H41Cl2N3O5. The first-order chi connectivity index (χ1) is 24.7. The van der Waals surface area contributed by atoms with Crippen molar-refractivity contribution >= 4 is 35.1 Å². The van der Waals surface area contributed by atoms with E-state index in [1.54, 1.807) is 14.2 Å². The van der Waals surface area contributed by atoms with Crippen LogP contribution in [0.5, 0.6) is 11.5 Å². The number of nitrogens with one attached hydrogen (secondary N) is 2. The van der Waals surface area contributed by atoms with Crippen molar-refractivity contribution in [2.75, 3.05) is 33.9 Å². The number of aryl methyl sites for hydroxylation is 2. The van der Waals surface area contributed by atoms with E-state index in [0.717, 1.165) is 89.1 Å². The van der Waals surface area contributed by atoms with Gasteiger partial charge in [0, 0.05) is 77.6 Å². The van der Waals surface area contributed by atoms with Crippen LogP contribution < -0.4 is 20.1 Å². The molecule has 4 aliphatic rings. The second-order valence-electron chi connectivity index (χ2n) is 14.2. The molecule has 2 saturated heterocycles. The first kappa shape index (κ1) is 34.0. The molecule has 2 heterocycles. The smallest absolute Gasteiger partial charge is 0.309 e. The van der Waals surface area contributed by atoms with Crippen LogP contribution in [-0.2, 0) is 22.4 Å². The highest BCUT2D eigenvalue weighted by molar-refractivity contribution is 6.39. The van der Waals surface area contributed by atoms with E-state index in [1.165, 1.54) is 16.7 Å². The predicted molar refractivity (Wildman–Crippen MR) is 200 cm³/mol. The van der Waals surface area contributed by atoms with Crippen LogP contribution in [0.2, 0.25) is 10.0 Å². The van der Waals surface area contributed by atoms with E-state index < -0.39 is 5.97 Å². The van der Waals surface area contributed by atoms with Crippen molar-refractivity contribution in [1.82, 2.24) is 15.5 Å². The summed E-state index contributed by atoms with van der Waals surface area (Å²) in [6.45, 7) is 1.87. The monoisotopic (exact) mass is 725 g/mol. The highest BCUT2D eigenvalue weighted by Crippen LogP contribution is 2.49. The molecule has 0 aromatic heterocycles. The Balaban J connectivity index is 1.09. The molecule has 4 aromatic rings. The number of carbonyl (C=O) groups is 2. The second kappa shape index (κ2) is 13.8. The molecule has 0 saturated carbocycles. The molecular weight excluding hydrogens is 685 g/mol. The van der Waals surface area contributed by atoms with Gasteiger partial charge >= 0.3 is 5.97 Å². The molecule has 2 aliphatic carbocycles. The number of nitrogens with zero attached hydrogens (tertiary/aromatic N) is 1. The number of carbonyl (C=O) groups excluding carboxylic acids is 1. The van der Waals surface area contributed by atoms with Crippen LogP contribution in [0.1, 0.15) is 60.0 Å². The molecule has 8 rings (SSSR count). The molecule has 0 spiro atoms. The number of likely N-dealkylation sites (tertiary alicyclic amines) is 1. The average Bonchev–Trinajstić information content (AvgIpc) is 3.84. The fourth-order valence-corrected chi connectivity index (χ4v) is 9.29. The number of carboxylic acid groups (broad SMARTS) is 1. The van der Waals surface area contributed by atoms with Crippen LogP contribution in [0.4, 0.5) is 0 Å². The molecule has 8 nitrogen and oxygen atoms in total. The van der Waals surface area contributed by atoms with Crippen LogP contribution >= 0.6 is 23.2 Å². The summed E-state index contributed by atoms with van der Waals surface area (Å²) >= 11 is 14.5. The van der Waals surface area contributed by atoms with Gasteiger partial charge in [-0.2, -0.15) is 0 Å². The van der Waals surface area contributed by atoms with E-state index in [9.17, 15) is 14.7 Å². The lowest BCUT2D eigenvalue weighted by molar-refractivity contribution is -0.148. The molecule has 1 amide bonds. The lowest BCUT2D eigenvalue weighted by Gasteiger charge is -2.41. The molecule has 3 atom stereocenters. The van der Waals surface area contributed by atoms with E-state index in [1.807, 2.05) is 36.4 Å². The highest BCUT2D eigenvalue weighted by Gasteiger charge is 2.41. The van der Waals surface area contributed by atoms with Crippen molar-refractivity contribution in [3.63, 3.8) is 0 Å². The van der Waals surface area contributed by atoms with Gasteiger partial charge in [0.05, 0.1) is 30.2 Å². The first-order valence-corrected chi connectivity index (χ1v) is 18.5. The van der Waals surface area contributed by atoms with Gasteiger partial charge in [0.15, 0.2) is 0 Å². The van der Waals surface area contributed by atoms with Crippen molar-refractivity contribution in [2.24, 2.45) is 5.92 Å². The number of halogens is 2. The third-order valence-corrected chi connectivity index (χ3v) is 12.1. The number of rotatable bonds is 10. The minimum atomic E-state index is -0.728. The third kappa shape index (κ3) is 6.16. The van der Waals surface area contributed by atoms with Crippen molar-refractivity contribution in [1.29, 1.82) is 0 Å². The minimum absolute atomic E-state index is 0.127. The van der Waals surface area contributed by atoms with Gasteiger partial charge in [-0.05, 0) is 66.5 Å². The number of methoxy groups -OCH3 is 2. The van der Waals surface area contributed by atoms with Gasteiger partial charge in [0.1, 0.15) is 11.5 Å². The highest BCUT2D eigenvalue weighted by atomic mass is 35.5. The van der Waals surface area contributed by atoms with Gasteiger partial charge in [-0.3, -0.25) is 14.5 Å². The lowest BCUT2D eigenvalue weighted by Crippen LogP contribution is -2.51. The number of fused-ring (bicyclic) bond motifs is 2. The van der Waals surface area contributed by atoms with Crippen LogP contribution in [0.15, 0.2) is 60.7 Å². The molecule has 51 heavy (non-hydrogen) atoms. The zero-order valence-corrected chi connectivity index (χ0v) is 30.2.